The predicted octanol–water partition coefficient (Wildman–Crippen LogP) is 8.02. The van der Waals surface area contributed by atoms with Crippen LogP contribution in [0.25, 0.3) is 29.6 Å². The van der Waals surface area contributed by atoms with Gasteiger partial charge in [0.1, 0.15) is 0 Å². The SMILES string of the molecule is CCCCC(=O)c1ccc2c(c1)sc1c3ccc(C(=O)CCCC)cc3sc21. The van der Waals surface area contributed by atoms with Crippen LogP contribution in [0.3, 0.4) is 0 Å². The van der Waals surface area contributed by atoms with Gasteiger partial charge >= 0.3 is 0 Å². The van der Waals surface area contributed by atoms with Crippen LogP contribution in [0.15, 0.2) is 36.4 Å². The molecule has 2 aromatic heterocycles. The van der Waals surface area contributed by atoms with Crippen molar-refractivity contribution in [3.8, 4) is 0 Å². The first-order valence-electron chi connectivity index (χ1n) is 10.1. The topological polar surface area (TPSA) is 34.1 Å². The van der Waals surface area contributed by atoms with Crippen molar-refractivity contribution in [3.05, 3.63) is 47.5 Å². The second-order valence-electron chi connectivity index (χ2n) is 7.34. The third-order valence-electron chi connectivity index (χ3n) is 5.24. The highest BCUT2D eigenvalue weighted by atomic mass is 32.1. The second-order valence-corrected chi connectivity index (χ2v) is 9.44. The summed E-state index contributed by atoms with van der Waals surface area (Å²) in [6.07, 6.45) is 5.22. The zero-order valence-corrected chi connectivity index (χ0v) is 18.0. The predicted molar refractivity (Wildman–Crippen MR) is 122 cm³/mol. The number of thiophene rings is 2. The van der Waals surface area contributed by atoms with Crippen LogP contribution in [0.1, 0.15) is 73.1 Å². The monoisotopic (exact) mass is 408 g/mol. The lowest BCUT2D eigenvalue weighted by atomic mass is 10.0. The number of carbonyl (C=O) groups excluding carboxylic acids is 2. The maximum Gasteiger partial charge on any atom is 0.162 e. The zero-order valence-electron chi connectivity index (χ0n) is 16.3. The Balaban J connectivity index is 1.73. The molecule has 28 heavy (non-hydrogen) atoms. The van der Waals surface area contributed by atoms with E-state index < -0.39 is 0 Å². The van der Waals surface area contributed by atoms with E-state index in [0.29, 0.717) is 12.8 Å². The van der Waals surface area contributed by atoms with Crippen LogP contribution in [-0.4, -0.2) is 11.6 Å². The van der Waals surface area contributed by atoms with Crippen molar-refractivity contribution in [2.75, 3.05) is 0 Å². The Bertz CT molecular complexity index is 1090. The van der Waals surface area contributed by atoms with E-state index in [9.17, 15) is 9.59 Å². The fourth-order valence-electron chi connectivity index (χ4n) is 3.57. The normalized spacial score (nSPS) is 11.6. The largest absolute Gasteiger partial charge is 0.294 e. The molecular weight excluding hydrogens is 384 g/mol. The van der Waals surface area contributed by atoms with Gasteiger partial charge in [0.2, 0.25) is 0 Å². The van der Waals surface area contributed by atoms with Gasteiger partial charge in [-0.1, -0.05) is 51.0 Å². The highest BCUT2D eigenvalue weighted by Crippen LogP contribution is 2.44. The van der Waals surface area contributed by atoms with Crippen molar-refractivity contribution in [2.24, 2.45) is 0 Å². The van der Waals surface area contributed by atoms with Gasteiger partial charge in [-0.05, 0) is 25.0 Å². The third-order valence-corrected chi connectivity index (χ3v) is 7.74. The summed E-state index contributed by atoms with van der Waals surface area (Å²) in [6, 6.07) is 12.2. The number of carbonyl (C=O) groups is 2. The molecule has 0 N–H and O–H groups in total. The molecule has 0 spiro atoms. The molecule has 4 heteroatoms. The van der Waals surface area contributed by atoms with Crippen LogP contribution >= 0.6 is 22.7 Å². The number of hydrogen-bond acceptors (Lipinski definition) is 4. The molecule has 0 aliphatic rings. The average Bonchev–Trinajstić information content (AvgIpc) is 3.24. The minimum Gasteiger partial charge on any atom is -0.294 e. The molecule has 0 radical (unpaired) electrons. The molecule has 0 saturated heterocycles. The van der Waals surface area contributed by atoms with E-state index in [1.54, 1.807) is 22.7 Å². The van der Waals surface area contributed by atoms with E-state index in [1.807, 2.05) is 12.1 Å². The Morgan fingerprint density at radius 1 is 0.714 bits per heavy atom. The summed E-state index contributed by atoms with van der Waals surface area (Å²) in [5.74, 6) is 0.473. The maximum atomic E-state index is 12.4. The number of unbranched alkanes of at least 4 members (excludes halogenated alkanes) is 2. The summed E-state index contributed by atoms with van der Waals surface area (Å²) in [5, 5.41) is 2.43. The Kier molecular flexibility index (Phi) is 5.61. The molecule has 2 nitrogen and oxygen atoms in total. The van der Waals surface area contributed by atoms with Crippen molar-refractivity contribution >= 4 is 63.8 Å². The van der Waals surface area contributed by atoms with Gasteiger partial charge in [-0.15, -0.1) is 22.7 Å². The van der Waals surface area contributed by atoms with Crippen LogP contribution < -0.4 is 0 Å². The van der Waals surface area contributed by atoms with Gasteiger partial charge in [0.25, 0.3) is 0 Å². The first kappa shape index (κ1) is 19.3. The molecule has 0 fully saturated rings. The first-order valence-corrected chi connectivity index (χ1v) is 11.7. The number of benzene rings is 2. The molecule has 2 heterocycles. The highest BCUT2D eigenvalue weighted by molar-refractivity contribution is 7.36. The van der Waals surface area contributed by atoms with E-state index in [-0.39, 0.29) is 11.6 Å². The zero-order chi connectivity index (χ0) is 19.7. The molecule has 4 aromatic rings. The number of ketones is 2. The molecule has 0 aliphatic heterocycles. The van der Waals surface area contributed by atoms with Crippen molar-refractivity contribution in [2.45, 2.75) is 52.4 Å². The molecular formula is C24H24O2S2. The van der Waals surface area contributed by atoms with Crippen LogP contribution in [-0.2, 0) is 0 Å². The van der Waals surface area contributed by atoms with Gasteiger partial charge in [0, 0.05) is 44.1 Å². The van der Waals surface area contributed by atoms with E-state index in [1.165, 1.54) is 29.6 Å². The van der Waals surface area contributed by atoms with Crippen LogP contribution in [0.2, 0.25) is 0 Å². The smallest absolute Gasteiger partial charge is 0.162 e. The summed E-state index contributed by atoms with van der Waals surface area (Å²) in [6.45, 7) is 4.22. The van der Waals surface area contributed by atoms with E-state index >= 15 is 0 Å². The molecule has 0 unspecified atom stereocenters. The summed E-state index contributed by atoms with van der Waals surface area (Å²) in [4.78, 5) is 24.7. The molecule has 0 amide bonds. The summed E-state index contributed by atoms with van der Waals surface area (Å²) < 4.78 is 4.88. The van der Waals surface area contributed by atoms with Gasteiger partial charge in [-0.25, -0.2) is 0 Å². The van der Waals surface area contributed by atoms with E-state index in [4.69, 9.17) is 0 Å². The van der Waals surface area contributed by atoms with E-state index in [0.717, 1.165) is 36.8 Å². The molecule has 144 valence electrons. The Labute approximate surface area is 173 Å². The van der Waals surface area contributed by atoms with Crippen LogP contribution in [0.4, 0.5) is 0 Å². The maximum absolute atomic E-state index is 12.4. The Morgan fingerprint density at radius 3 is 1.54 bits per heavy atom. The molecule has 4 rings (SSSR count). The molecule has 0 saturated carbocycles. The van der Waals surface area contributed by atoms with Crippen molar-refractivity contribution < 1.29 is 9.59 Å². The summed E-state index contributed by atoms with van der Waals surface area (Å²) in [7, 11) is 0. The average molecular weight is 409 g/mol. The summed E-state index contributed by atoms with van der Waals surface area (Å²) in [5.41, 5.74) is 1.64. The first-order chi connectivity index (χ1) is 13.6. The third kappa shape index (κ3) is 3.51. The van der Waals surface area contributed by atoms with E-state index in [2.05, 4.69) is 38.1 Å². The number of hydrogen-bond donors (Lipinski definition) is 0. The standard InChI is InChI=1S/C24H24O2S2/c1-3-5-7-19(25)15-9-11-17-21(13-15)27-24-18-12-10-16(20(26)8-6-4-2)14-22(18)28-23(17)24/h9-14H,3-8H2,1-2H3. The Hall–Kier alpha value is -2.04. The number of rotatable bonds is 8. The molecule has 0 aliphatic carbocycles. The second kappa shape index (κ2) is 8.14. The van der Waals surface area contributed by atoms with Gasteiger partial charge < -0.3 is 0 Å². The lowest BCUT2D eigenvalue weighted by Gasteiger charge is -2.01. The fourth-order valence-corrected chi connectivity index (χ4v) is 6.30. The van der Waals surface area contributed by atoms with Crippen molar-refractivity contribution in [1.29, 1.82) is 0 Å². The molecule has 2 aromatic carbocycles. The number of fused-ring (bicyclic) bond motifs is 5. The number of Topliss-reactive ketones (excluding diaryl/α,β-unsaturated/α-hetero) is 2. The van der Waals surface area contributed by atoms with Gasteiger partial charge in [0.05, 0.1) is 9.40 Å². The lowest BCUT2D eigenvalue weighted by Crippen LogP contribution is -1.97. The van der Waals surface area contributed by atoms with Crippen LogP contribution in [0, 0.1) is 0 Å². The summed E-state index contributed by atoms with van der Waals surface area (Å²) >= 11 is 3.51. The molecule has 0 atom stereocenters. The van der Waals surface area contributed by atoms with Crippen LogP contribution in [0.5, 0.6) is 0 Å². The van der Waals surface area contributed by atoms with Crippen molar-refractivity contribution in [1.82, 2.24) is 0 Å². The van der Waals surface area contributed by atoms with Crippen molar-refractivity contribution in [3.63, 3.8) is 0 Å². The quantitative estimate of drug-likeness (QED) is 0.277. The Morgan fingerprint density at radius 2 is 1.14 bits per heavy atom. The minimum atomic E-state index is 0.237. The van der Waals surface area contributed by atoms with Gasteiger partial charge in [0.15, 0.2) is 11.6 Å². The molecule has 0 bridgehead atoms. The fraction of sp³-hybridized carbons (Fsp3) is 0.333. The van der Waals surface area contributed by atoms with Gasteiger partial charge in [-0.3, -0.25) is 9.59 Å². The minimum absolute atomic E-state index is 0.237. The lowest BCUT2D eigenvalue weighted by molar-refractivity contribution is 0.0972. The highest BCUT2D eigenvalue weighted by Gasteiger charge is 2.15. The van der Waals surface area contributed by atoms with Gasteiger partial charge in [-0.2, -0.15) is 0 Å².